The molecule has 33 nitrogen and oxygen atoms in total. The number of phenols is 2. The highest BCUT2D eigenvalue weighted by Crippen LogP contribution is 2.31. The van der Waals surface area contributed by atoms with Gasteiger partial charge in [0.25, 0.3) is 0 Å². The Balaban J connectivity index is -0.00000102. The van der Waals surface area contributed by atoms with Gasteiger partial charge >= 0.3 is 30.2 Å². The van der Waals surface area contributed by atoms with Crippen molar-refractivity contribution in [3.63, 3.8) is 0 Å². The van der Waals surface area contributed by atoms with Crippen molar-refractivity contribution >= 4 is 30.2 Å². The molecule has 4 fully saturated rings. The van der Waals surface area contributed by atoms with E-state index in [0.29, 0.717) is 62.4 Å². The summed E-state index contributed by atoms with van der Waals surface area (Å²) in [4.78, 5) is 77.7. The summed E-state index contributed by atoms with van der Waals surface area (Å²) in [6.07, 6.45) is 1.04. The monoisotopic (exact) mass is 1300 g/mol. The van der Waals surface area contributed by atoms with Crippen molar-refractivity contribution in [2.24, 2.45) is 0 Å². The van der Waals surface area contributed by atoms with Crippen LogP contribution in [0, 0.1) is 6.92 Å². The topological polar surface area (TPSA) is 411 Å². The Morgan fingerprint density at radius 3 is 1.04 bits per heavy atom. The summed E-state index contributed by atoms with van der Waals surface area (Å²) in [5, 5.41) is 54.9. The Bertz CT molecular complexity index is 2180. The molecule has 90 heavy (non-hydrogen) atoms. The van der Waals surface area contributed by atoms with Crippen molar-refractivity contribution in [3.05, 3.63) is 57.6 Å². The number of urea groups is 5. The number of amides is 10. The highest BCUT2D eigenvalue weighted by atomic mass is 16.5. The first-order valence-electron chi connectivity index (χ1n) is 28.5. The van der Waals surface area contributed by atoms with E-state index in [0.717, 1.165) is 56.9 Å². The summed E-state index contributed by atoms with van der Waals surface area (Å²) in [7, 11) is 10.7. The van der Waals surface area contributed by atoms with Crippen LogP contribution in [0.15, 0.2) is 24.3 Å². The molecule has 0 unspecified atom stereocenters. The van der Waals surface area contributed by atoms with E-state index in [1.807, 2.05) is 58.3 Å². The van der Waals surface area contributed by atoms with Gasteiger partial charge in [-0.25, -0.2) is 24.0 Å². The summed E-state index contributed by atoms with van der Waals surface area (Å²) in [5.74, 6) is -0.0152. The molecule has 2 aromatic rings. The molecular weight excluding hydrogens is 1190 g/mol. The maximum Gasteiger partial charge on any atom is 0.326 e. The largest absolute Gasteiger partial charge is 0.507 e. The van der Waals surface area contributed by atoms with E-state index in [4.69, 9.17) is 58.3 Å². The number of nitrogens with zero attached hydrogens (tertiary/aromatic N) is 11. The zero-order valence-corrected chi connectivity index (χ0v) is 55.7. The predicted octanol–water partition coefficient (Wildman–Crippen LogP) is 1.27. The Kier molecular flexibility index (Phi) is 46.5. The number of rotatable bonds is 22. The van der Waals surface area contributed by atoms with Crippen molar-refractivity contribution < 1.29 is 109 Å². The predicted molar refractivity (Wildman–Crippen MR) is 331 cm³/mol. The SMILES string of the molecule is CC(C)(C)c1cc(CO)c(O)c(CO)c1.CCN1CCCN(COC)C1=O.CCN1CN(CC)C(=O)N(COC)C1.CCN1COCN(COC)C1=O.COCN1CN(COC)C(=O)N(COC)CN(COC)C1=O.Cc1cc(CO)c(O)c(CO)c1.O.O.O. The van der Waals surface area contributed by atoms with Gasteiger partial charge in [0.2, 0.25) is 0 Å². The minimum absolute atomic E-state index is 0. The molecule has 0 spiro atoms. The van der Waals surface area contributed by atoms with Crippen LogP contribution in [0.2, 0.25) is 0 Å². The average molecular weight is 1300 g/mol. The number of aromatic hydroxyl groups is 2. The van der Waals surface area contributed by atoms with Crippen LogP contribution in [0.3, 0.4) is 0 Å². The number of ether oxygens (including phenoxy) is 8. The van der Waals surface area contributed by atoms with Crippen LogP contribution in [0.25, 0.3) is 0 Å². The summed E-state index contributed by atoms with van der Waals surface area (Å²) >= 11 is 0. The lowest BCUT2D eigenvalue weighted by atomic mass is 9.85. The second-order valence-electron chi connectivity index (χ2n) is 21.0. The summed E-state index contributed by atoms with van der Waals surface area (Å²) in [6.45, 7) is 23.4. The Labute approximate surface area is 530 Å². The van der Waals surface area contributed by atoms with Gasteiger partial charge in [0.1, 0.15) is 85.4 Å². The normalized spacial score (nSPS) is 15.5. The molecule has 0 radical (unpaired) electrons. The number of benzene rings is 2. The van der Waals surface area contributed by atoms with Gasteiger partial charge in [0.05, 0.1) is 39.8 Å². The quantitative estimate of drug-likeness (QED) is 0.0966. The van der Waals surface area contributed by atoms with E-state index < -0.39 is 0 Å². The minimum Gasteiger partial charge on any atom is -0.507 e. The standard InChI is InChI=1S/C12H24N4O6.C12H18O3.C9H19N3O2.C9H12O3.C8H16N2O2.C7H14N2O3.3H2O/c1-19-7-13-5-14(8-20-2)12(18)16(10-22-4)6-15(9-21-3)11(13)17;1-12(2,3)10-4-8(6-13)11(15)9(5-10)7-14;1-4-10-6-11(5-2)9(13)12(7-10)8-14-3;1-6-2-7(4-10)9(12)8(3-6)5-11;1-3-9-5-4-6-10(7-12-2)8(9)11;1-3-8-5-12-6-9(4-11-2)7(8)10;;;/h5-10H2,1-4H3;4-5,13-15H,6-7H2,1-3H3;4-8H2,1-3H3;2-3,10-12H,4-5H2,1H3;3-7H2,1-2H3;3-6H2,1-2H3;3*1H2. The number of methoxy groups -OCH3 is 7. The zero-order valence-electron chi connectivity index (χ0n) is 55.7. The molecule has 12 N–H and O–H groups in total. The van der Waals surface area contributed by atoms with Gasteiger partial charge in [-0.05, 0) is 63.8 Å². The molecule has 10 amide bonds. The van der Waals surface area contributed by atoms with Gasteiger partial charge in [0, 0.05) is 105 Å². The molecule has 0 saturated carbocycles. The molecule has 4 saturated heterocycles. The van der Waals surface area contributed by atoms with Crippen molar-refractivity contribution in [3.8, 4) is 11.5 Å². The fraction of sp³-hybridized carbons (Fsp3) is 0.702. The summed E-state index contributed by atoms with van der Waals surface area (Å²) < 4.78 is 40.0. The lowest BCUT2D eigenvalue weighted by Crippen LogP contribution is -2.60. The maximum absolute atomic E-state index is 12.5. The van der Waals surface area contributed by atoms with Crippen LogP contribution in [-0.4, -0.2) is 307 Å². The van der Waals surface area contributed by atoms with Gasteiger partial charge in [-0.15, -0.1) is 0 Å². The van der Waals surface area contributed by atoms with Gasteiger partial charge in [-0.3, -0.25) is 34.3 Å². The number of carbonyl (C=O) groups excluding carboxylic acids is 5. The van der Waals surface area contributed by atoms with Crippen LogP contribution in [0.1, 0.15) is 88.3 Å². The molecule has 4 aliphatic rings. The average Bonchev–Trinajstić information content (AvgIpc) is 0.991. The Morgan fingerprint density at radius 1 is 0.411 bits per heavy atom. The van der Waals surface area contributed by atoms with Crippen molar-refractivity contribution in [1.29, 1.82) is 0 Å². The number of aliphatic hydroxyl groups excluding tert-OH is 4. The highest BCUT2D eigenvalue weighted by molar-refractivity contribution is 5.79. The van der Waals surface area contributed by atoms with E-state index in [1.54, 1.807) is 60.3 Å². The van der Waals surface area contributed by atoms with Crippen LogP contribution >= 0.6 is 0 Å². The molecule has 0 bridgehead atoms. The maximum atomic E-state index is 12.5. The summed E-state index contributed by atoms with van der Waals surface area (Å²) in [5.41, 5.74) is 3.69. The van der Waals surface area contributed by atoms with Crippen LogP contribution in [0.4, 0.5) is 24.0 Å². The van der Waals surface area contributed by atoms with E-state index in [-0.39, 0.29) is 137 Å². The van der Waals surface area contributed by atoms with Crippen molar-refractivity contribution in [1.82, 2.24) is 53.9 Å². The van der Waals surface area contributed by atoms with Crippen LogP contribution < -0.4 is 0 Å². The zero-order chi connectivity index (χ0) is 65.8. The second kappa shape index (κ2) is 47.6. The lowest BCUT2D eigenvalue weighted by molar-refractivity contribution is -0.0793. The molecule has 0 atom stereocenters. The Morgan fingerprint density at radius 2 is 0.700 bits per heavy atom. The van der Waals surface area contributed by atoms with E-state index in [9.17, 15) is 34.2 Å². The fourth-order valence-corrected chi connectivity index (χ4v) is 8.67. The fourth-order valence-electron chi connectivity index (χ4n) is 8.67. The van der Waals surface area contributed by atoms with Crippen LogP contribution in [-0.2, 0) is 69.7 Å². The number of aliphatic hydroxyl groups is 4. The number of hydrogen-bond acceptors (Lipinski definition) is 20. The van der Waals surface area contributed by atoms with Gasteiger partial charge in [-0.1, -0.05) is 45.4 Å². The van der Waals surface area contributed by atoms with Gasteiger partial charge < -0.3 is 105 Å². The molecule has 6 rings (SSSR count). The van der Waals surface area contributed by atoms with Crippen LogP contribution in [0.5, 0.6) is 11.5 Å². The Hall–Kier alpha value is -6.25. The number of carbonyl (C=O) groups is 5. The number of aryl methyl sites for hydroxylation is 1. The third-order valence-electron chi connectivity index (χ3n) is 13.3. The van der Waals surface area contributed by atoms with E-state index >= 15 is 0 Å². The van der Waals surface area contributed by atoms with Gasteiger partial charge in [0.15, 0.2) is 0 Å². The molecule has 33 heteroatoms. The van der Waals surface area contributed by atoms with E-state index in [2.05, 4.69) is 11.8 Å². The van der Waals surface area contributed by atoms with Crippen molar-refractivity contribution in [2.45, 2.75) is 93.7 Å². The molecule has 4 aliphatic heterocycles. The molecule has 0 aliphatic carbocycles. The number of hydrogen-bond donors (Lipinski definition) is 6. The third kappa shape index (κ3) is 28.5. The van der Waals surface area contributed by atoms with Crippen molar-refractivity contribution in [2.75, 3.05) is 176 Å². The lowest BCUT2D eigenvalue weighted by Gasteiger charge is -2.40. The first-order valence-corrected chi connectivity index (χ1v) is 28.5. The smallest absolute Gasteiger partial charge is 0.326 e. The minimum atomic E-state index is -0.307. The van der Waals surface area contributed by atoms with E-state index in [1.165, 1.54) is 52.9 Å². The first kappa shape index (κ1) is 87.9. The van der Waals surface area contributed by atoms with Gasteiger partial charge in [-0.2, -0.15) is 0 Å². The highest BCUT2D eigenvalue weighted by Gasteiger charge is 2.34. The molecule has 4 heterocycles. The molecule has 0 aromatic heterocycles. The first-order chi connectivity index (χ1) is 41.5. The molecule has 524 valence electrons. The molecular formula is C57H109N11O22. The summed E-state index contributed by atoms with van der Waals surface area (Å²) in [6, 6.07) is 6.46. The molecule has 2 aromatic carbocycles. The third-order valence-corrected chi connectivity index (χ3v) is 13.3. The second-order valence-corrected chi connectivity index (χ2v) is 21.0.